The molecule has 424 valence electrons. The summed E-state index contributed by atoms with van der Waals surface area (Å²) in [6, 6.07) is 18.5. The lowest BCUT2D eigenvalue weighted by Gasteiger charge is -2.40. The summed E-state index contributed by atoms with van der Waals surface area (Å²) in [6.45, 7) is 60.4. The summed E-state index contributed by atoms with van der Waals surface area (Å²) in [7, 11) is 5.86. The molecule has 1 atom stereocenters. The lowest BCUT2D eigenvalue weighted by Crippen LogP contribution is -2.46. The molecule has 0 aliphatic rings. The maximum absolute atomic E-state index is 16.7. The molecule has 0 aromatic heterocycles. The molecular weight excluding hydrogens is 977 g/mol. The van der Waals surface area contributed by atoms with Crippen molar-refractivity contribution in [3.8, 4) is 23.0 Å². The third-order valence-electron chi connectivity index (χ3n) is 14.4. The van der Waals surface area contributed by atoms with E-state index < -0.39 is 27.7 Å². The molecule has 0 radical (unpaired) electrons. The molecule has 0 heterocycles. The van der Waals surface area contributed by atoms with Crippen LogP contribution in [0.15, 0.2) is 48.5 Å². The van der Waals surface area contributed by atoms with Gasteiger partial charge in [0.05, 0.1) is 44.7 Å². The molecule has 4 aromatic rings. The molecule has 1 amide bonds. The van der Waals surface area contributed by atoms with Gasteiger partial charge >= 0.3 is 0 Å². The number of ether oxygens (including phenoxy) is 4. The highest BCUT2D eigenvalue weighted by molar-refractivity contribution is 7.71. The summed E-state index contributed by atoms with van der Waals surface area (Å²) in [5.74, 6) is 3.48. The van der Waals surface area contributed by atoms with Crippen molar-refractivity contribution in [1.82, 2.24) is 4.67 Å². The van der Waals surface area contributed by atoms with Gasteiger partial charge in [0.15, 0.2) is 0 Å². The van der Waals surface area contributed by atoms with Gasteiger partial charge in [0.1, 0.15) is 29.1 Å². The van der Waals surface area contributed by atoms with Crippen LogP contribution in [0.5, 0.6) is 23.0 Å². The first-order valence-corrected chi connectivity index (χ1v) is 30.1. The predicted molar refractivity (Wildman–Crippen MR) is 331 cm³/mol. The van der Waals surface area contributed by atoms with Crippen LogP contribution in [0.25, 0.3) is 0 Å². The minimum absolute atomic E-state index is 0.0804. The van der Waals surface area contributed by atoms with Crippen LogP contribution in [-0.4, -0.2) is 52.2 Å². The van der Waals surface area contributed by atoms with Crippen LogP contribution in [0.2, 0.25) is 0 Å². The smallest absolute Gasteiger partial charge is 0.256 e. The third kappa shape index (κ3) is 14.2. The Bertz CT molecular complexity index is 2420. The van der Waals surface area contributed by atoms with E-state index in [2.05, 4.69) is 235 Å². The zero-order valence-electron chi connectivity index (χ0n) is 54.0. The number of nitrogens with zero attached hydrogens (tertiary/aromatic N) is 1. The van der Waals surface area contributed by atoms with Crippen molar-refractivity contribution in [3.05, 3.63) is 93.0 Å². The Morgan fingerprint density at radius 1 is 0.355 bits per heavy atom. The highest BCUT2D eigenvalue weighted by atomic mass is 31.1. The van der Waals surface area contributed by atoms with Gasteiger partial charge in [-0.05, 0) is 97.3 Å². The van der Waals surface area contributed by atoms with Crippen molar-refractivity contribution < 1.29 is 28.3 Å². The van der Waals surface area contributed by atoms with Gasteiger partial charge in [0.2, 0.25) is 0 Å². The summed E-state index contributed by atoms with van der Waals surface area (Å²) in [6.07, 6.45) is -0.894. The van der Waals surface area contributed by atoms with E-state index in [4.69, 9.17) is 23.5 Å². The molecule has 76 heavy (non-hydrogen) atoms. The Hall–Kier alpha value is -3.63. The van der Waals surface area contributed by atoms with Crippen LogP contribution in [0.4, 0.5) is 0 Å². The zero-order chi connectivity index (χ0) is 58.8. The number of methoxy groups -OCH3 is 4. The second kappa shape index (κ2) is 22.1. The van der Waals surface area contributed by atoms with Crippen LogP contribution in [0.3, 0.4) is 0 Å². The van der Waals surface area contributed by atoms with Crippen LogP contribution >= 0.6 is 16.2 Å². The van der Waals surface area contributed by atoms with E-state index >= 15 is 4.79 Å². The van der Waals surface area contributed by atoms with Gasteiger partial charge in [0, 0.05) is 72.8 Å². The zero-order valence-corrected chi connectivity index (χ0v) is 55.8. The second-order valence-electron chi connectivity index (χ2n) is 30.6. The molecule has 0 N–H and O–H groups in total. The number of likely N-dealkylation sites (N-methyl/N-ethyl adjacent to an activating group) is 1. The molecule has 0 saturated carbocycles. The predicted octanol–water partition coefficient (Wildman–Crippen LogP) is 16.4. The fourth-order valence-corrected chi connectivity index (χ4v) is 14.4. The van der Waals surface area contributed by atoms with Gasteiger partial charge in [-0.25, -0.2) is 0 Å². The monoisotopic (exact) mass is 1080 g/mol. The van der Waals surface area contributed by atoms with E-state index in [-0.39, 0.29) is 49.2 Å². The fourth-order valence-electron chi connectivity index (χ4n) is 9.98. The van der Waals surface area contributed by atoms with Gasteiger partial charge in [0.25, 0.3) is 5.91 Å². The molecule has 0 aliphatic carbocycles. The number of hydrogen-bond donors (Lipinski definition) is 0. The first-order chi connectivity index (χ1) is 34.1. The average Bonchev–Trinajstić information content (AvgIpc) is 3.24. The van der Waals surface area contributed by atoms with Gasteiger partial charge in [-0.15, -0.1) is 0 Å². The lowest BCUT2D eigenvalue weighted by atomic mass is 9.79. The molecular formula is C67H105NO6P2. The number of rotatable bonds is 12. The Morgan fingerprint density at radius 2 is 0.539 bits per heavy atom. The third-order valence-corrected chi connectivity index (χ3v) is 18.5. The summed E-state index contributed by atoms with van der Waals surface area (Å²) in [5, 5.41) is 4.20. The normalized spacial score (nSPS) is 14.1. The van der Waals surface area contributed by atoms with Crippen LogP contribution < -0.4 is 40.2 Å². The van der Waals surface area contributed by atoms with E-state index in [1.807, 2.05) is 11.7 Å². The largest absolute Gasteiger partial charge is 0.496 e. The first-order valence-electron chi connectivity index (χ1n) is 27.5. The maximum atomic E-state index is 16.7. The minimum Gasteiger partial charge on any atom is -0.496 e. The van der Waals surface area contributed by atoms with Crippen molar-refractivity contribution >= 4 is 43.3 Å². The van der Waals surface area contributed by atoms with Gasteiger partial charge in [-0.2, -0.15) is 0 Å². The van der Waals surface area contributed by atoms with Crippen molar-refractivity contribution in [2.45, 2.75) is 236 Å². The average molecular weight is 1080 g/mol. The van der Waals surface area contributed by atoms with E-state index in [9.17, 15) is 0 Å². The number of benzene rings is 4. The minimum atomic E-state index is -1.71. The standard InChI is InChI=1S/C67H105NO6P2/c1-59(2,3)45-33-41(34-46(53(45)70-29)60(4,5)6)75(42-35-47(61(7,8)9)54(71-30)48(36-42)62(10,11)12)68(28)58(69)57(67(25,26)27)74-76(43-37-49(63(13,14)15)55(72-31)50(38-43)64(16,17)18)44-39-51(65(19,20)21)56(73-32)52(40-44)66(22,23)24/h33-40,57H,1-32H3/t57-/m1/s1. The van der Waals surface area contributed by atoms with E-state index in [0.717, 1.165) is 88.7 Å². The first kappa shape index (κ1) is 64.9. The van der Waals surface area contributed by atoms with Gasteiger partial charge in [-0.3, -0.25) is 4.79 Å². The van der Waals surface area contributed by atoms with Crippen LogP contribution in [0, 0.1) is 5.41 Å². The Balaban J connectivity index is 2.31. The van der Waals surface area contributed by atoms with Crippen LogP contribution in [-0.2, 0) is 52.6 Å². The molecule has 0 bridgehead atoms. The number of carbonyl (C=O) groups excluding carboxylic acids is 1. The summed E-state index contributed by atoms with van der Waals surface area (Å²) in [5.41, 5.74) is 5.90. The van der Waals surface area contributed by atoms with Crippen LogP contribution in [0.1, 0.15) is 231 Å². The number of amides is 1. The van der Waals surface area contributed by atoms with Gasteiger partial charge in [-0.1, -0.05) is 187 Å². The summed E-state index contributed by atoms with van der Waals surface area (Å²) in [4.78, 5) is 16.7. The molecule has 4 rings (SSSR count). The SMILES string of the molecule is COc1c(C(C)(C)C)cc(P(O[C@H](C(=O)N(C)P(c2cc(C(C)(C)C)c(OC)c(C(C)(C)C)c2)c2cc(C(C)(C)C)c(OC)c(C(C)(C)C)c2)C(C)(C)C)c2cc(C(C)(C)C)c(OC)c(C(C)(C)C)c2)cc1C(C)(C)C. The molecule has 0 saturated heterocycles. The lowest BCUT2D eigenvalue weighted by molar-refractivity contribution is -0.136. The number of hydrogen-bond acceptors (Lipinski definition) is 6. The molecule has 9 heteroatoms. The van der Waals surface area contributed by atoms with Crippen molar-refractivity contribution in [3.63, 3.8) is 0 Å². The van der Waals surface area contributed by atoms with E-state index in [1.165, 1.54) is 0 Å². The molecule has 0 fully saturated rings. The van der Waals surface area contributed by atoms with E-state index in [0.29, 0.717) is 0 Å². The topological polar surface area (TPSA) is 66.5 Å². The Labute approximate surface area is 467 Å². The molecule has 0 unspecified atom stereocenters. The molecule has 0 spiro atoms. The molecule has 0 aliphatic heterocycles. The van der Waals surface area contributed by atoms with Crippen molar-refractivity contribution in [2.75, 3.05) is 35.5 Å². The van der Waals surface area contributed by atoms with Crippen molar-refractivity contribution in [2.24, 2.45) is 5.41 Å². The summed E-state index contributed by atoms with van der Waals surface area (Å²) < 4.78 is 35.5. The van der Waals surface area contributed by atoms with Crippen molar-refractivity contribution in [1.29, 1.82) is 0 Å². The highest BCUT2D eigenvalue weighted by Gasteiger charge is 2.43. The quantitative estimate of drug-likeness (QED) is 0.132. The van der Waals surface area contributed by atoms with Gasteiger partial charge < -0.3 is 28.1 Å². The summed E-state index contributed by atoms with van der Waals surface area (Å²) >= 11 is 0. The number of carbonyl (C=O) groups is 1. The Morgan fingerprint density at radius 3 is 0.697 bits per heavy atom. The second-order valence-corrected chi connectivity index (χ2v) is 34.7. The molecule has 7 nitrogen and oxygen atoms in total. The molecule has 4 aromatic carbocycles. The highest BCUT2D eigenvalue weighted by Crippen LogP contribution is 2.52. The van der Waals surface area contributed by atoms with E-state index in [1.54, 1.807) is 28.4 Å². The maximum Gasteiger partial charge on any atom is 0.256 e. The fraction of sp³-hybridized carbons (Fsp3) is 0.627. The Kier molecular flexibility index (Phi) is 18.9.